The first kappa shape index (κ1) is 10.1. The Bertz CT molecular complexity index is 205. The molecule has 74 valence electrons. The molecule has 1 fully saturated rings. The highest BCUT2D eigenvalue weighted by Gasteiger charge is 2.13. The number of likely N-dealkylation sites (N-methyl/N-ethyl adjacent to an activating group) is 1. The molecular weight excluding hydrogens is 166 g/mol. The summed E-state index contributed by atoms with van der Waals surface area (Å²) in [4.78, 5) is 10.7. The number of hydrogen-bond donors (Lipinski definition) is 2. The molecule has 0 saturated heterocycles. The normalized spacial score (nSPS) is 19.9. The number of carboxylic acid groups (broad SMARTS) is 1. The lowest BCUT2D eigenvalue weighted by Crippen LogP contribution is -2.17. The van der Waals surface area contributed by atoms with Gasteiger partial charge in [-0.3, -0.25) is 0 Å². The Balaban J connectivity index is 2.54. The van der Waals surface area contributed by atoms with Gasteiger partial charge < -0.3 is 10.4 Å². The molecule has 2 N–H and O–H groups in total. The zero-order valence-electron chi connectivity index (χ0n) is 8.05. The first-order valence-corrected chi connectivity index (χ1v) is 4.87. The van der Waals surface area contributed by atoms with Crippen molar-refractivity contribution >= 4 is 5.97 Å². The first-order valence-electron chi connectivity index (χ1n) is 4.87. The number of nitrogens with one attached hydrogen (secondary N) is 1. The second-order valence-corrected chi connectivity index (χ2v) is 3.53. The van der Waals surface area contributed by atoms with E-state index in [9.17, 15) is 4.79 Å². The fourth-order valence-corrected chi connectivity index (χ4v) is 1.80. The molecule has 0 aromatic rings. The third-order valence-electron chi connectivity index (χ3n) is 2.55. The van der Waals surface area contributed by atoms with Crippen LogP contribution in [0.2, 0.25) is 0 Å². The van der Waals surface area contributed by atoms with Crippen LogP contribution in [-0.2, 0) is 4.79 Å². The van der Waals surface area contributed by atoms with Gasteiger partial charge in [0, 0.05) is 7.05 Å². The molecule has 0 spiro atoms. The van der Waals surface area contributed by atoms with Crippen molar-refractivity contribution in [1.82, 2.24) is 5.32 Å². The summed E-state index contributed by atoms with van der Waals surface area (Å²) in [5.74, 6) is -0.389. The van der Waals surface area contributed by atoms with E-state index >= 15 is 0 Å². The summed E-state index contributed by atoms with van der Waals surface area (Å²) in [5.41, 5.74) is 0.340. The molecule has 0 amide bonds. The van der Waals surface area contributed by atoms with Crippen LogP contribution in [0.25, 0.3) is 0 Å². The minimum atomic E-state index is -0.854. The lowest BCUT2D eigenvalue weighted by molar-refractivity contribution is -0.133. The molecule has 1 aliphatic rings. The average Bonchev–Trinajstić information content (AvgIpc) is 2.15. The molecule has 0 heterocycles. The van der Waals surface area contributed by atoms with Crippen molar-refractivity contribution < 1.29 is 9.90 Å². The van der Waals surface area contributed by atoms with Crippen LogP contribution in [0.4, 0.5) is 0 Å². The highest BCUT2D eigenvalue weighted by Crippen LogP contribution is 2.25. The minimum absolute atomic E-state index is 0.340. The quantitative estimate of drug-likeness (QED) is 0.655. The van der Waals surface area contributed by atoms with Gasteiger partial charge in [0.2, 0.25) is 0 Å². The Morgan fingerprint density at radius 1 is 1.38 bits per heavy atom. The SMILES string of the molecule is CN/C(=C\C1CCCCC1)C(=O)O. The van der Waals surface area contributed by atoms with E-state index < -0.39 is 5.97 Å². The summed E-state index contributed by atoms with van der Waals surface area (Å²) < 4.78 is 0. The second kappa shape index (κ2) is 4.90. The van der Waals surface area contributed by atoms with Gasteiger partial charge in [0.25, 0.3) is 0 Å². The number of rotatable bonds is 3. The zero-order chi connectivity index (χ0) is 9.68. The van der Waals surface area contributed by atoms with Gasteiger partial charge in [-0.2, -0.15) is 0 Å². The molecule has 0 unspecified atom stereocenters. The summed E-state index contributed by atoms with van der Waals surface area (Å²) in [5, 5.41) is 11.5. The minimum Gasteiger partial charge on any atom is -0.477 e. The van der Waals surface area contributed by atoms with Crippen molar-refractivity contribution in [3.63, 3.8) is 0 Å². The van der Waals surface area contributed by atoms with E-state index in [2.05, 4.69) is 5.32 Å². The molecule has 1 rings (SSSR count). The Hall–Kier alpha value is -0.990. The van der Waals surface area contributed by atoms with Crippen LogP contribution in [0.3, 0.4) is 0 Å². The van der Waals surface area contributed by atoms with E-state index in [1.165, 1.54) is 19.3 Å². The van der Waals surface area contributed by atoms with E-state index in [1.807, 2.05) is 6.08 Å². The second-order valence-electron chi connectivity index (χ2n) is 3.53. The molecule has 0 bridgehead atoms. The average molecular weight is 183 g/mol. The van der Waals surface area contributed by atoms with E-state index in [0.29, 0.717) is 11.6 Å². The summed E-state index contributed by atoms with van der Waals surface area (Å²) >= 11 is 0. The molecule has 0 aliphatic heterocycles. The Morgan fingerprint density at radius 3 is 2.46 bits per heavy atom. The van der Waals surface area contributed by atoms with E-state index in [-0.39, 0.29) is 0 Å². The van der Waals surface area contributed by atoms with Gasteiger partial charge in [0.05, 0.1) is 0 Å². The van der Waals surface area contributed by atoms with E-state index in [4.69, 9.17) is 5.11 Å². The topological polar surface area (TPSA) is 49.3 Å². The van der Waals surface area contributed by atoms with Gasteiger partial charge in [-0.1, -0.05) is 25.3 Å². The summed E-state index contributed by atoms with van der Waals surface area (Å²) in [7, 11) is 1.66. The molecule has 0 atom stereocenters. The first-order chi connectivity index (χ1) is 6.24. The lowest BCUT2D eigenvalue weighted by Gasteiger charge is -2.18. The maximum Gasteiger partial charge on any atom is 0.351 e. The number of aliphatic carboxylic acids is 1. The van der Waals surface area contributed by atoms with Gasteiger partial charge >= 0.3 is 5.97 Å². The monoisotopic (exact) mass is 183 g/mol. The van der Waals surface area contributed by atoms with Crippen LogP contribution < -0.4 is 5.32 Å². The van der Waals surface area contributed by atoms with Crippen LogP contribution >= 0.6 is 0 Å². The standard InChI is InChI=1S/C10H17NO2/c1-11-9(10(12)13)7-8-5-3-2-4-6-8/h7-8,11H,2-6H2,1H3,(H,12,13)/b9-7-. The van der Waals surface area contributed by atoms with Crippen molar-refractivity contribution in [2.24, 2.45) is 5.92 Å². The van der Waals surface area contributed by atoms with Crippen molar-refractivity contribution in [2.45, 2.75) is 32.1 Å². The van der Waals surface area contributed by atoms with E-state index in [0.717, 1.165) is 12.8 Å². The van der Waals surface area contributed by atoms with Crippen LogP contribution in [-0.4, -0.2) is 18.1 Å². The number of carbonyl (C=O) groups is 1. The fourth-order valence-electron chi connectivity index (χ4n) is 1.80. The molecule has 1 aliphatic carbocycles. The van der Waals surface area contributed by atoms with Crippen LogP contribution in [0.1, 0.15) is 32.1 Å². The molecule has 0 radical (unpaired) electrons. The number of hydrogen-bond acceptors (Lipinski definition) is 2. The molecule has 1 saturated carbocycles. The molecule has 0 aromatic heterocycles. The lowest BCUT2D eigenvalue weighted by atomic mass is 9.88. The van der Waals surface area contributed by atoms with Gasteiger partial charge in [0.15, 0.2) is 0 Å². The molecule has 0 aromatic carbocycles. The highest BCUT2D eigenvalue weighted by atomic mass is 16.4. The van der Waals surface area contributed by atoms with Crippen LogP contribution in [0.15, 0.2) is 11.8 Å². The largest absolute Gasteiger partial charge is 0.477 e. The van der Waals surface area contributed by atoms with Gasteiger partial charge in [-0.15, -0.1) is 0 Å². The predicted molar refractivity (Wildman–Crippen MR) is 51.4 cm³/mol. The van der Waals surface area contributed by atoms with Crippen LogP contribution in [0, 0.1) is 5.92 Å². The van der Waals surface area contributed by atoms with Crippen molar-refractivity contribution in [2.75, 3.05) is 7.05 Å². The highest BCUT2D eigenvalue weighted by molar-refractivity contribution is 5.85. The van der Waals surface area contributed by atoms with Crippen molar-refractivity contribution in [3.8, 4) is 0 Å². The van der Waals surface area contributed by atoms with Crippen LogP contribution in [0.5, 0.6) is 0 Å². The number of carboxylic acids is 1. The summed E-state index contributed by atoms with van der Waals surface area (Å²) in [6, 6.07) is 0. The Kier molecular flexibility index (Phi) is 3.80. The Morgan fingerprint density at radius 2 is 2.00 bits per heavy atom. The maximum absolute atomic E-state index is 10.7. The Labute approximate surface area is 78.8 Å². The smallest absolute Gasteiger partial charge is 0.351 e. The third-order valence-corrected chi connectivity index (χ3v) is 2.55. The molecule has 3 nitrogen and oxygen atoms in total. The third kappa shape index (κ3) is 3.09. The maximum atomic E-state index is 10.7. The van der Waals surface area contributed by atoms with Gasteiger partial charge in [-0.05, 0) is 18.8 Å². The molecular formula is C10H17NO2. The van der Waals surface area contributed by atoms with Crippen molar-refractivity contribution in [3.05, 3.63) is 11.8 Å². The summed E-state index contributed by atoms with van der Waals surface area (Å²) in [6.07, 6.45) is 7.90. The number of allylic oxidation sites excluding steroid dienone is 1. The van der Waals surface area contributed by atoms with E-state index in [1.54, 1.807) is 7.05 Å². The molecule has 3 heteroatoms. The van der Waals surface area contributed by atoms with Gasteiger partial charge in [0.1, 0.15) is 5.70 Å². The fraction of sp³-hybridized carbons (Fsp3) is 0.700. The summed E-state index contributed by atoms with van der Waals surface area (Å²) in [6.45, 7) is 0. The predicted octanol–water partition coefficient (Wildman–Crippen LogP) is 1.75. The van der Waals surface area contributed by atoms with Crippen molar-refractivity contribution in [1.29, 1.82) is 0 Å². The zero-order valence-corrected chi connectivity index (χ0v) is 8.05. The molecule has 13 heavy (non-hydrogen) atoms. The van der Waals surface area contributed by atoms with Gasteiger partial charge in [-0.25, -0.2) is 4.79 Å².